The smallest absolute Gasteiger partial charge is 0.265 e. The maximum absolute atomic E-state index is 13.1. The molecule has 0 spiro atoms. The van der Waals surface area contributed by atoms with Gasteiger partial charge in [-0.3, -0.25) is 14.6 Å². The number of carbonyl (C=O) groups is 1. The fraction of sp³-hybridized carbons (Fsp3) is 0.591. The summed E-state index contributed by atoms with van der Waals surface area (Å²) in [5, 5.41) is 4.00. The van der Waals surface area contributed by atoms with Crippen LogP contribution >= 0.6 is 0 Å². The third-order valence-corrected chi connectivity index (χ3v) is 8.18. The first-order valence-corrected chi connectivity index (χ1v) is 13.0. The van der Waals surface area contributed by atoms with Crippen LogP contribution in [-0.4, -0.2) is 61.6 Å². The van der Waals surface area contributed by atoms with Crippen molar-refractivity contribution in [3.63, 3.8) is 0 Å². The molecule has 1 aliphatic carbocycles. The predicted octanol–water partition coefficient (Wildman–Crippen LogP) is 1.94. The number of ether oxygens (including phenoxy) is 1. The molecule has 1 unspecified atom stereocenters. The van der Waals surface area contributed by atoms with E-state index in [4.69, 9.17) is 9.26 Å². The van der Waals surface area contributed by atoms with Gasteiger partial charge in [-0.1, -0.05) is 12.1 Å². The van der Waals surface area contributed by atoms with Crippen molar-refractivity contribution in [3.8, 4) is 5.75 Å². The number of nitrogens with one attached hydrogen (secondary N) is 1. The summed E-state index contributed by atoms with van der Waals surface area (Å²) >= 11 is 0. The van der Waals surface area contributed by atoms with Gasteiger partial charge in [0.15, 0.2) is 12.4 Å². The molecule has 1 atom stereocenters. The molecule has 11 heteroatoms. The van der Waals surface area contributed by atoms with E-state index in [1.165, 1.54) is 11.0 Å². The summed E-state index contributed by atoms with van der Waals surface area (Å²) in [6.45, 7) is 6.06. The van der Waals surface area contributed by atoms with E-state index in [-0.39, 0.29) is 30.0 Å². The Hall–Kier alpha value is -2.50. The monoisotopic (exact) mass is 475 g/mol. The van der Waals surface area contributed by atoms with Crippen molar-refractivity contribution in [2.75, 3.05) is 31.1 Å². The Morgan fingerprint density at radius 2 is 2.06 bits per heavy atom. The summed E-state index contributed by atoms with van der Waals surface area (Å²) in [5.74, 6) is 1.47. The lowest BCUT2D eigenvalue weighted by Crippen LogP contribution is -2.40. The third kappa shape index (κ3) is 4.49. The van der Waals surface area contributed by atoms with Gasteiger partial charge in [0.25, 0.3) is 5.91 Å². The minimum absolute atomic E-state index is 0.143. The minimum Gasteiger partial charge on any atom is -0.482 e. The average molecular weight is 476 g/mol. The molecule has 1 saturated carbocycles. The molecule has 0 bridgehead atoms. The first-order valence-electron chi connectivity index (χ1n) is 11.5. The highest BCUT2D eigenvalue weighted by Gasteiger charge is 2.33. The molecule has 5 rings (SSSR count). The number of hydrogen-bond acceptors (Lipinski definition) is 8. The van der Waals surface area contributed by atoms with Crippen molar-refractivity contribution in [1.29, 1.82) is 0 Å². The van der Waals surface area contributed by atoms with Crippen molar-refractivity contribution < 1.29 is 22.5 Å². The van der Waals surface area contributed by atoms with Gasteiger partial charge in [0, 0.05) is 24.6 Å². The van der Waals surface area contributed by atoms with E-state index >= 15 is 0 Å². The third-order valence-electron chi connectivity index (χ3n) is 6.61. The van der Waals surface area contributed by atoms with Crippen LogP contribution in [0.1, 0.15) is 55.8 Å². The lowest BCUT2D eigenvalue weighted by molar-refractivity contribution is -0.121. The second-order valence-electron chi connectivity index (χ2n) is 8.95. The number of likely N-dealkylation sites (tertiary alicyclic amines) is 1. The molecular weight excluding hydrogens is 446 g/mol. The zero-order valence-corrected chi connectivity index (χ0v) is 19.7. The first kappa shape index (κ1) is 22.3. The predicted molar refractivity (Wildman–Crippen MR) is 120 cm³/mol. The van der Waals surface area contributed by atoms with Gasteiger partial charge in [0.05, 0.1) is 17.1 Å². The van der Waals surface area contributed by atoms with Gasteiger partial charge in [0.2, 0.25) is 15.9 Å². The SMILES string of the molecule is CCN1CCCC1CNS(=O)(=O)c1cc2c(cc1C)N(Cc1noc(C3CC3)n1)C(=O)CO2. The number of hydrogen-bond donors (Lipinski definition) is 1. The van der Waals surface area contributed by atoms with E-state index in [1.807, 2.05) is 0 Å². The Balaban J connectivity index is 1.36. The van der Waals surface area contributed by atoms with Gasteiger partial charge < -0.3 is 9.26 Å². The van der Waals surface area contributed by atoms with E-state index in [2.05, 4.69) is 26.7 Å². The Morgan fingerprint density at radius 1 is 1.24 bits per heavy atom. The largest absolute Gasteiger partial charge is 0.482 e. The molecule has 3 aliphatic rings. The summed E-state index contributed by atoms with van der Waals surface area (Å²) in [6.07, 6.45) is 4.15. The van der Waals surface area contributed by atoms with Gasteiger partial charge in [-0.15, -0.1) is 0 Å². The second-order valence-corrected chi connectivity index (χ2v) is 10.7. The number of aryl methyl sites for hydroxylation is 1. The Labute approximate surface area is 193 Å². The Kier molecular flexibility index (Phi) is 5.87. The normalized spacial score (nSPS) is 21.3. The Morgan fingerprint density at radius 3 is 2.82 bits per heavy atom. The summed E-state index contributed by atoms with van der Waals surface area (Å²) in [5.41, 5.74) is 1.04. The van der Waals surface area contributed by atoms with E-state index < -0.39 is 10.0 Å². The van der Waals surface area contributed by atoms with Crippen LogP contribution in [0.3, 0.4) is 0 Å². The zero-order chi connectivity index (χ0) is 23.2. The van der Waals surface area contributed by atoms with Crippen molar-refractivity contribution >= 4 is 21.6 Å². The molecule has 10 nitrogen and oxygen atoms in total. The number of sulfonamides is 1. The number of rotatable bonds is 8. The highest BCUT2D eigenvalue weighted by molar-refractivity contribution is 7.89. The van der Waals surface area contributed by atoms with Crippen LogP contribution in [0.5, 0.6) is 5.75 Å². The van der Waals surface area contributed by atoms with Gasteiger partial charge in [0.1, 0.15) is 5.75 Å². The van der Waals surface area contributed by atoms with Crippen molar-refractivity contribution in [2.24, 2.45) is 0 Å². The fourth-order valence-electron chi connectivity index (χ4n) is 4.59. The number of carbonyl (C=O) groups excluding carboxylic acids is 1. The highest BCUT2D eigenvalue weighted by atomic mass is 32.2. The molecule has 0 radical (unpaired) electrons. The van der Waals surface area contributed by atoms with Crippen LogP contribution in [0.25, 0.3) is 0 Å². The number of likely N-dealkylation sites (N-methyl/N-ethyl adjacent to an activating group) is 1. The number of benzene rings is 1. The van der Waals surface area contributed by atoms with Gasteiger partial charge in [-0.05, 0) is 57.3 Å². The summed E-state index contributed by atoms with van der Waals surface area (Å²) in [7, 11) is -3.73. The molecule has 1 amide bonds. The standard InChI is InChI=1S/C22H29N5O5S/c1-3-26-8-4-5-16(26)11-23-33(29,30)19-10-18-17(9-14(19)2)27(21(28)13-31-18)12-20-24-22(32-25-20)15-6-7-15/h9-10,15-16,23H,3-8,11-13H2,1-2H3. The molecule has 2 aliphatic heterocycles. The van der Waals surface area contributed by atoms with Crippen LogP contribution in [0.2, 0.25) is 0 Å². The topological polar surface area (TPSA) is 118 Å². The molecule has 1 aromatic carbocycles. The molecule has 178 valence electrons. The van der Waals surface area contributed by atoms with Gasteiger partial charge in [-0.2, -0.15) is 4.98 Å². The summed E-state index contributed by atoms with van der Waals surface area (Å²) < 4.78 is 39.9. The van der Waals surface area contributed by atoms with Crippen LogP contribution in [-0.2, 0) is 21.4 Å². The van der Waals surface area contributed by atoms with Crippen molar-refractivity contribution in [3.05, 3.63) is 29.4 Å². The number of nitrogens with zero attached hydrogens (tertiary/aromatic N) is 4. The highest BCUT2D eigenvalue weighted by Crippen LogP contribution is 2.40. The zero-order valence-electron chi connectivity index (χ0n) is 18.9. The molecule has 2 fully saturated rings. The van der Waals surface area contributed by atoms with E-state index in [9.17, 15) is 13.2 Å². The minimum atomic E-state index is -3.73. The molecular formula is C22H29N5O5S. The van der Waals surface area contributed by atoms with E-state index in [0.29, 0.717) is 41.2 Å². The first-order chi connectivity index (χ1) is 15.9. The summed E-state index contributed by atoms with van der Waals surface area (Å²) in [4.78, 5) is 21.0. The van der Waals surface area contributed by atoms with Crippen LogP contribution in [0.4, 0.5) is 5.69 Å². The van der Waals surface area contributed by atoms with Crippen LogP contribution < -0.4 is 14.4 Å². The summed E-state index contributed by atoms with van der Waals surface area (Å²) in [6, 6.07) is 3.39. The number of aromatic nitrogens is 2. The fourth-order valence-corrected chi connectivity index (χ4v) is 5.90. The van der Waals surface area contributed by atoms with Crippen molar-refractivity contribution in [1.82, 2.24) is 19.8 Å². The molecule has 1 saturated heterocycles. The quantitative estimate of drug-likeness (QED) is 0.616. The molecule has 1 N–H and O–H groups in total. The Bertz CT molecular complexity index is 1160. The molecule has 33 heavy (non-hydrogen) atoms. The number of amides is 1. The molecule has 1 aromatic heterocycles. The number of anilines is 1. The van der Waals surface area contributed by atoms with Gasteiger partial charge in [-0.25, -0.2) is 13.1 Å². The van der Waals surface area contributed by atoms with Gasteiger partial charge >= 0.3 is 0 Å². The van der Waals surface area contributed by atoms with Crippen LogP contribution in [0.15, 0.2) is 21.6 Å². The van der Waals surface area contributed by atoms with Crippen LogP contribution in [0, 0.1) is 6.92 Å². The number of fused-ring (bicyclic) bond motifs is 1. The van der Waals surface area contributed by atoms with E-state index in [1.54, 1.807) is 13.0 Å². The van der Waals surface area contributed by atoms with Crippen molar-refractivity contribution in [2.45, 2.75) is 62.9 Å². The van der Waals surface area contributed by atoms with E-state index in [0.717, 1.165) is 38.8 Å². The lowest BCUT2D eigenvalue weighted by atomic mass is 10.1. The second kappa shape index (κ2) is 8.69. The maximum atomic E-state index is 13.1. The lowest BCUT2D eigenvalue weighted by Gasteiger charge is -2.29. The maximum Gasteiger partial charge on any atom is 0.265 e. The molecule has 2 aromatic rings. The molecule has 3 heterocycles. The average Bonchev–Trinajstić information content (AvgIpc) is 3.36.